The molecule has 0 atom stereocenters. The smallest absolute Gasteiger partial charge is 0.364 e. The Morgan fingerprint density at radius 2 is 1.88 bits per heavy atom. The zero-order valence-corrected chi connectivity index (χ0v) is 18.4. The molecular weight excluding hydrogens is 478 g/mol. The van der Waals surface area contributed by atoms with Crippen molar-refractivity contribution in [1.29, 1.82) is 0 Å². The fourth-order valence-electron chi connectivity index (χ4n) is 4.16. The van der Waals surface area contributed by atoms with Crippen LogP contribution >= 0.6 is 12.2 Å². The van der Waals surface area contributed by atoms with Crippen LogP contribution in [0.25, 0.3) is 0 Å². The number of halogens is 4. The van der Waals surface area contributed by atoms with Gasteiger partial charge < -0.3 is 16.0 Å². The van der Waals surface area contributed by atoms with Gasteiger partial charge in [0, 0.05) is 12.7 Å². The van der Waals surface area contributed by atoms with E-state index in [2.05, 4.69) is 10.3 Å². The molecule has 1 saturated heterocycles. The van der Waals surface area contributed by atoms with Crippen LogP contribution in [0.5, 0.6) is 0 Å². The molecule has 3 amide bonds. The molecular formula is C21H17F4N5O3S. The summed E-state index contributed by atoms with van der Waals surface area (Å²) in [6.07, 6.45) is -2.75. The number of carbonyl (C=O) groups excluding carboxylic acids is 3. The molecule has 2 aromatic rings. The first-order valence-corrected chi connectivity index (χ1v) is 10.4. The van der Waals surface area contributed by atoms with Gasteiger partial charge in [-0.2, -0.15) is 13.2 Å². The van der Waals surface area contributed by atoms with Gasteiger partial charge in [-0.15, -0.1) is 0 Å². The molecule has 8 nitrogen and oxygen atoms in total. The predicted molar refractivity (Wildman–Crippen MR) is 117 cm³/mol. The largest absolute Gasteiger partial charge is 0.418 e. The van der Waals surface area contributed by atoms with Crippen LogP contribution in [0.15, 0.2) is 30.5 Å². The second-order valence-corrected chi connectivity index (χ2v) is 8.20. The van der Waals surface area contributed by atoms with Crippen LogP contribution in [0.3, 0.4) is 0 Å². The number of alkyl halides is 3. The molecule has 13 heteroatoms. The minimum atomic E-state index is -4.97. The molecule has 2 aliphatic rings. The van der Waals surface area contributed by atoms with Gasteiger partial charge in [0.1, 0.15) is 17.1 Å². The third-order valence-corrected chi connectivity index (χ3v) is 6.31. The summed E-state index contributed by atoms with van der Waals surface area (Å²) in [5.41, 5.74) is 1.06. The van der Waals surface area contributed by atoms with Crippen molar-refractivity contribution in [2.24, 2.45) is 5.73 Å². The topological polar surface area (TPSA) is 109 Å². The summed E-state index contributed by atoms with van der Waals surface area (Å²) in [5, 5.41) is 2.13. The van der Waals surface area contributed by atoms with Gasteiger partial charge >= 0.3 is 6.18 Å². The molecule has 178 valence electrons. The van der Waals surface area contributed by atoms with E-state index in [1.807, 2.05) is 0 Å². The third-order valence-electron chi connectivity index (χ3n) is 5.95. The van der Waals surface area contributed by atoms with E-state index in [-0.39, 0.29) is 22.1 Å². The first-order chi connectivity index (χ1) is 15.9. The Kier molecular flexibility index (Phi) is 5.55. The Hall–Kier alpha value is -3.61. The first kappa shape index (κ1) is 23.5. The van der Waals surface area contributed by atoms with Crippen LogP contribution in [0.2, 0.25) is 0 Å². The quantitative estimate of drug-likeness (QED) is 0.499. The van der Waals surface area contributed by atoms with Gasteiger partial charge in [-0.1, -0.05) is 0 Å². The van der Waals surface area contributed by atoms with E-state index >= 15 is 0 Å². The summed E-state index contributed by atoms with van der Waals surface area (Å²) in [5.74, 6) is -3.48. The maximum absolute atomic E-state index is 14.7. The van der Waals surface area contributed by atoms with Crippen molar-refractivity contribution in [3.63, 3.8) is 0 Å². The van der Waals surface area contributed by atoms with Crippen molar-refractivity contribution in [1.82, 2.24) is 10.3 Å². The molecule has 0 unspecified atom stereocenters. The van der Waals surface area contributed by atoms with Crippen LogP contribution in [0.1, 0.15) is 45.7 Å². The Bertz CT molecular complexity index is 1250. The second kappa shape index (κ2) is 8.01. The fourth-order valence-corrected chi connectivity index (χ4v) is 4.63. The number of aromatic nitrogens is 1. The normalized spacial score (nSPS) is 17.2. The van der Waals surface area contributed by atoms with Gasteiger partial charge in [0.15, 0.2) is 5.11 Å². The van der Waals surface area contributed by atoms with Crippen molar-refractivity contribution < 1.29 is 31.9 Å². The van der Waals surface area contributed by atoms with Crippen molar-refractivity contribution in [2.45, 2.75) is 31.0 Å². The lowest BCUT2D eigenvalue weighted by Gasteiger charge is -2.43. The first-order valence-electron chi connectivity index (χ1n) is 10.00. The molecule has 1 saturated carbocycles. The highest BCUT2D eigenvalue weighted by atomic mass is 32.1. The standard InChI is InChI=1S/C21H17F4N5O3S/c1-27-17(32)12-4-3-10(8-14(12)22)30-19(34)29(18(33)20(30)5-2-6-20)11-7-13(21(23,24)25)15(16(26)31)28-9-11/h3-4,7-9H,2,5-6H2,1H3,(H2,26,31)(H,27,32). The van der Waals surface area contributed by atoms with E-state index in [1.165, 1.54) is 24.1 Å². The number of primary amides is 1. The lowest BCUT2D eigenvalue weighted by molar-refractivity contribution is -0.138. The molecule has 2 heterocycles. The van der Waals surface area contributed by atoms with Crippen molar-refractivity contribution in [3.05, 3.63) is 53.1 Å². The summed E-state index contributed by atoms with van der Waals surface area (Å²) in [7, 11) is 1.35. The van der Waals surface area contributed by atoms with E-state index in [0.717, 1.165) is 17.2 Å². The summed E-state index contributed by atoms with van der Waals surface area (Å²) in [4.78, 5) is 42.5. The zero-order valence-electron chi connectivity index (χ0n) is 17.6. The number of nitrogens with one attached hydrogen (secondary N) is 1. The van der Waals surface area contributed by atoms with Gasteiger partial charge in [0.25, 0.3) is 17.7 Å². The number of anilines is 2. The van der Waals surface area contributed by atoms with Crippen molar-refractivity contribution in [3.8, 4) is 0 Å². The molecule has 1 aliphatic heterocycles. The Morgan fingerprint density at radius 3 is 2.38 bits per heavy atom. The molecule has 0 radical (unpaired) electrons. The molecule has 0 bridgehead atoms. The van der Waals surface area contributed by atoms with Gasteiger partial charge in [0.2, 0.25) is 0 Å². The number of benzene rings is 1. The Morgan fingerprint density at radius 1 is 1.21 bits per heavy atom. The van der Waals surface area contributed by atoms with Crippen LogP contribution in [0.4, 0.5) is 28.9 Å². The highest BCUT2D eigenvalue weighted by Gasteiger charge is 2.60. The summed E-state index contributed by atoms with van der Waals surface area (Å²) >= 11 is 5.45. The third kappa shape index (κ3) is 3.47. The summed E-state index contributed by atoms with van der Waals surface area (Å²) in [6.45, 7) is 0. The van der Waals surface area contributed by atoms with E-state index in [4.69, 9.17) is 18.0 Å². The molecule has 2 fully saturated rings. The van der Waals surface area contributed by atoms with Crippen molar-refractivity contribution >= 4 is 46.4 Å². The van der Waals surface area contributed by atoms with Crippen LogP contribution in [0, 0.1) is 5.82 Å². The Labute approximate surface area is 195 Å². The van der Waals surface area contributed by atoms with Gasteiger partial charge in [-0.05, 0) is 55.7 Å². The molecule has 34 heavy (non-hydrogen) atoms. The molecule has 3 N–H and O–H groups in total. The average Bonchev–Trinajstić information content (AvgIpc) is 2.98. The minimum Gasteiger partial charge on any atom is -0.364 e. The van der Waals surface area contributed by atoms with E-state index in [1.54, 1.807) is 0 Å². The van der Waals surface area contributed by atoms with E-state index in [9.17, 15) is 31.9 Å². The van der Waals surface area contributed by atoms with Crippen LogP contribution in [-0.4, -0.2) is 40.4 Å². The number of amides is 3. The van der Waals surface area contributed by atoms with Crippen LogP contribution < -0.4 is 20.9 Å². The highest BCUT2D eigenvalue weighted by molar-refractivity contribution is 7.81. The second-order valence-electron chi connectivity index (χ2n) is 7.84. The lowest BCUT2D eigenvalue weighted by Crippen LogP contribution is -2.55. The maximum atomic E-state index is 14.7. The lowest BCUT2D eigenvalue weighted by atomic mass is 9.75. The number of rotatable bonds is 4. The van der Waals surface area contributed by atoms with Crippen LogP contribution in [-0.2, 0) is 11.0 Å². The number of thiocarbonyl (C=S) groups is 1. The summed E-state index contributed by atoms with van der Waals surface area (Å²) in [6, 6.07) is 4.27. The minimum absolute atomic E-state index is 0.170. The number of pyridine rings is 1. The SMILES string of the molecule is CNC(=O)c1ccc(N2C(=S)N(c3cnc(C(N)=O)c(C(F)(F)F)c3)C(=O)C23CCC3)cc1F. The van der Waals surface area contributed by atoms with Gasteiger partial charge in [0.05, 0.1) is 23.0 Å². The predicted octanol–water partition coefficient (Wildman–Crippen LogP) is 2.76. The molecule has 1 spiro atoms. The number of hydrogen-bond acceptors (Lipinski definition) is 5. The maximum Gasteiger partial charge on any atom is 0.418 e. The number of nitrogens with two attached hydrogens (primary N) is 1. The van der Waals surface area contributed by atoms with E-state index in [0.29, 0.717) is 25.3 Å². The number of hydrogen-bond donors (Lipinski definition) is 2. The van der Waals surface area contributed by atoms with Gasteiger partial charge in [-0.25, -0.2) is 9.37 Å². The molecule has 4 rings (SSSR count). The molecule has 1 aliphatic carbocycles. The fraction of sp³-hybridized carbons (Fsp3) is 0.286. The molecule has 1 aromatic carbocycles. The zero-order chi connectivity index (χ0) is 25.0. The Balaban J connectivity index is 1.81. The van der Waals surface area contributed by atoms with Gasteiger partial charge in [-0.3, -0.25) is 19.3 Å². The van der Waals surface area contributed by atoms with E-state index < -0.39 is 46.5 Å². The average molecular weight is 495 g/mol. The van der Waals surface area contributed by atoms with Crippen molar-refractivity contribution in [2.75, 3.05) is 16.8 Å². The number of nitrogens with zero attached hydrogens (tertiary/aromatic N) is 3. The number of carbonyl (C=O) groups is 3. The monoisotopic (exact) mass is 495 g/mol. The summed E-state index contributed by atoms with van der Waals surface area (Å²) < 4.78 is 55.3. The highest BCUT2D eigenvalue weighted by Crippen LogP contribution is 2.48. The molecule has 1 aromatic heterocycles.